The largest absolute Gasteiger partial charge is 0.464 e. The maximum Gasteiger partial charge on any atom is 0.320 e. The van der Waals surface area contributed by atoms with Crippen LogP contribution in [0.15, 0.2) is 23.8 Å². The average Bonchev–Trinajstić information content (AvgIpc) is 2.90. The van der Waals surface area contributed by atoms with Crippen molar-refractivity contribution in [2.45, 2.75) is 175 Å². The molecular weight excluding hydrogens is 478 g/mol. The first-order valence-electron chi connectivity index (χ1n) is 17.2. The van der Waals surface area contributed by atoms with Crippen molar-refractivity contribution in [3.8, 4) is 0 Å². The number of carbonyl (C=O) groups is 1. The summed E-state index contributed by atoms with van der Waals surface area (Å²) >= 11 is 0. The van der Waals surface area contributed by atoms with Gasteiger partial charge in [0.05, 0.1) is 13.2 Å². The molecule has 0 rings (SSSR count). The Bertz CT molecular complexity index is 555. The van der Waals surface area contributed by atoms with Gasteiger partial charge in [0.15, 0.2) is 0 Å². The molecule has 0 aliphatic carbocycles. The summed E-state index contributed by atoms with van der Waals surface area (Å²) in [6, 6.07) is 0. The Labute approximate surface area is 245 Å². The summed E-state index contributed by atoms with van der Waals surface area (Å²) in [5, 5.41) is 0. The lowest BCUT2D eigenvalue weighted by molar-refractivity contribution is -0.144. The molecule has 3 nitrogen and oxygen atoms in total. The molecule has 0 radical (unpaired) electrons. The maximum absolute atomic E-state index is 12.6. The highest BCUT2D eigenvalue weighted by atomic mass is 16.5. The van der Waals surface area contributed by atoms with Crippen LogP contribution in [0.4, 0.5) is 0 Å². The first-order valence-corrected chi connectivity index (χ1v) is 17.2. The average molecular weight is 548 g/mol. The minimum absolute atomic E-state index is 0.0637. The van der Waals surface area contributed by atoms with Gasteiger partial charge in [0.1, 0.15) is 0 Å². The van der Waals surface area contributed by atoms with E-state index < -0.39 is 0 Å². The van der Waals surface area contributed by atoms with Crippen LogP contribution in [-0.2, 0) is 9.53 Å². The van der Waals surface area contributed by atoms with E-state index in [1.165, 1.54) is 140 Å². The summed E-state index contributed by atoms with van der Waals surface area (Å²) in [5.41, 5.74) is 2.52. The normalized spacial score (nSPS) is 11.2. The lowest BCUT2D eigenvalue weighted by Gasteiger charge is -2.21. The number of rotatable bonds is 30. The highest BCUT2D eigenvalue weighted by Gasteiger charge is 2.12. The maximum atomic E-state index is 12.6. The molecule has 0 aromatic rings. The molecule has 0 aliphatic rings. The van der Waals surface area contributed by atoms with Crippen LogP contribution in [0.3, 0.4) is 0 Å². The van der Waals surface area contributed by atoms with Crippen LogP contribution in [0, 0.1) is 0 Å². The third-order valence-corrected chi connectivity index (χ3v) is 7.78. The lowest BCUT2D eigenvalue weighted by atomic mass is 10.1. The van der Waals surface area contributed by atoms with Crippen molar-refractivity contribution in [1.82, 2.24) is 4.90 Å². The van der Waals surface area contributed by atoms with Crippen molar-refractivity contribution in [3.63, 3.8) is 0 Å². The van der Waals surface area contributed by atoms with Gasteiger partial charge in [-0.15, -0.1) is 0 Å². The van der Waals surface area contributed by atoms with E-state index >= 15 is 0 Å². The van der Waals surface area contributed by atoms with E-state index in [1.807, 2.05) is 0 Å². The van der Waals surface area contributed by atoms with Gasteiger partial charge in [0.25, 0.3) is 0 Å². The number of esters is 1. The first kappa shape index (κ1) is 37.9. The Morgan fingerprint density at radius 2 is 1.05 bits per heavy atom. The zero-order chi connectivity index (χ0) is 28.8. The topological polar surface area (TPSA) is 29.5 Å². The van der Waals surface area contributed by atoms with E-state index in [0.29, 0.717) is 13.2 Å². The molecule has 0 N–H and O–H groups in total. The van der Waals surface area contributed by atoms with Gasteiger partial charge in [-0.05, 0) is 52.6 Å². The zero-order valence-electron chi connectivity index (χ0n) is 27.1. The zero-order valence-corrected chi connectivity index (χ0v) is 27.1. The third kappa shape index (κ3) is 29.7. The smallest absolute Gasteiger partial charge is 0.320 e. The molecule has 0 saturated heterocycles. The minimum atomic E-state index is -0.0637. The molecule has 0 bridgehead atoms. The van der Waals surface area contributed by atoms with Gasteiger partial charge in [-0.3, -0.25) is 9.69 Å². The highest BCUT2D eigenvalue weighted by molar-refractivity contribution is 5.71. The number of carbonyl (C=O) groups excluding carboxylic acids is 1. The molecule has 0 aromatic heterocycles. The van der Waals surface area contributed by atoms with Crippen LogP contribution in [0.1, 0.15) is 175 Å². The predicted molar refractivity (Wildman–Crippen MR) is 174 cm³/mol. The fourth-order valence-corrected chi connectivity index (χ4v) is 5.14. The Balaban J connectivity index is 4.20. The fourth-order valence-electron chi connectivity index (χ4n) is 5.14. The van der Waals surface area contributed by atoms with E-state index in [9.17, 15) is 4.79 Å². The van der Waals surface area contributed by atoms with E-state index in [2.05, 4.69) is 45.2 Å². The standard InChI is InChI=1S/C36H69NO2/c1-6-8-10-12-14-16-18-20-22-24-30-37(31-25-23-21-19-17-15-13-11-9-7-2)33-36(38)39-32-29-35(5)28-26-27-34(3)4/h27H,5-26,28-33H2,1-4H3. The van der Waals surface area contributed by atoms with Crippen LogP contribution in [0.5, 0.6) is 0 Å². The second kappa shape index (κ2) is 29.9. The predicted octanol–water partition coefficient (Wildman–Crippen LogP) is 11.4. The highest BCUT2D eigenvalue weighted by Crippen LogP contribution is 2.14. The monoisotopic (exact) mass is 548 g/mol. The molecule has 230 valence electrons. The van der Waals surface area contributed by atoms with Crippen LogP contribution in [0.25, 0.3) is 0 Å². The fraction of sp³-hybridized carbons (Fsp3) is 0.861. The Morgan fingerprint density at radius 3 is 1.46 bits per heavy atom. The van der Waals surface area contributed by atoms with Gasteiger partial charge < -0.3 is 4.74 Å². The van der Waals surface area contributed by atoms with Crippen molar-refractivity contribution in [2.75, 3.05) is 26.2 Å². The number of hydrogen-bond acceptors (Lipinski definition) is 3. The van der Waals surface area contributed by atoms with Crippen LogP contribution >= 0.6 is 0 Å². The summed E-state index contributed by atoms with van der Waals surface area (Å²) in [4.78, 5) is 15.0. The van der Waals surface area contributed by atoms with Crippen molar-refractivity contribution < 1.29 is 9.53 Å². The molecule has 0 saturated carbocycles. The third-order valence-electron chi connectivity index (χ3n) is 7.78. The Morgan fingerprint density at radius 1 is 0.641 bits per heavy atom. The number of hydrogen-bond donors (Lipinski definition) is 0. The van der Waals surface area contributed by atoms with Crippen molar-refractivity contribution in [3.05, 3.63) is 23.8 Å². The number of nitrogens with zero attached hydrogens (tertiary/aromatic N) is 1. The molecule has 0 atom stereocenters. The molecule has 0 heterocycles. The second-order valence-corrected chi connectivity index (χ2v) is 12.2. The summed E-state index contributed by atoms with van der Waals surface area (Å²) in [6.45, 7) is 15.9. The van der Waals surface area contributed by atoms with E-state index in [1.54, 1.807) is 0 Å². The summed E-state index contributed by atoms with van der Waals surface area (Å²) in [5.74, 6) is -0.0637. The molecule has 0 aliphatic heterocycles. The molecular formula is C36H69NO2. The molecule has 0 unspecified atom stereocenters. The molecule has 0 aromatic carbocycles. The first-order chi connectivity index (χ1) is 19.0. The Hall–Kier alpha value is -1.09. The van der Waals surface area contributed by atoms with Crippen molar-refractivity contribution in [2.24, 2.45) is 0 Å². The van der Waals surface area contributed by atoms with Gasteiger partial charge in [-0.25, -0.2) is 0 Å². The van der Waals surface area contributed by atoms with Gasteiger partial charge in [-0.2, -0.15) is 0 Å². The van der Waals surface area contributed by atoms with E-state index in [-0.39, 0.29) is 5.97 Å². The van der Waals surface area contributed by atoms with Crippen molar-refractivity contribution in [1.29, 1.82) is 0 Å². The summed E-state index contributed by atoms with van der Waals surface area (Å²) < 4.78 is 5.61. The lowest BCUT2D eigenvalue weighted by Crippen LogP contribution is -2.33. The number of unbranched alkanes of at least 4 members (excludes halogenated alkanes) is 18. The van der Waals surface area contributed by atoms with Crippen molar-refractivity contribution >= 4 is 5.97 Å². The number of ether oxygens (including phenoxy) is 1. The van der Waals surface area contributed by atoms with E-state index in [4.69, 9.17) is 4.74 Å². The molecule has 3 heteroatoms. The molecule has 0 amide bonds. The van der Waals surface area contributed by atoms with Gasteiger partial charge >= 0.3 is 5.97 Å². The molecule has 0 spiro atoms. The van der Waals surface area contributed by atoms with Crippen LogP contribution < -0.4 is 0 Å². The van der Waals surface area contributed by atoms with Crippen LogP contribution in [0.2, 0.25) is 0 Å². The SMILES string of the molecule is C=C(CCC=C(C)C)CCOC(=O)CN(CCCCCCCCCCCC)CCCCCCCCCCCC. The minimum Gasteiger partial charge on any atom is -0.464 e. The van der Waals surface area contributed by atoms with Gasteiger partial charge in [0, 0.05) is 6.42 Å². The molecule has 39 heavy (non-hydrogen) atoms. The summed E-state index contributed by atoms with van der Waals surface area (Å²) in [7, 11) is 0. The Kier molecular flexibility index (Phi) is 29.0. The van der Waals surface area contributed by atoms with Gasteiger partial charge in [-0.1, -0.05) is 153 Å². The second-order valence-electron chi connectivity index (χ2n) is 12.2. The quantitative estimate of drug-likeness (QED) is 0.0508. The summed E-state index contributed by atoms with van der Waals surface area (Å²) in [6.07, 6.45) is 32.0. The van der Waals surface area contributed by atoms with E-state index in [0.717, 1.165) is 32.4 Å². The van der Waals surface area contributed by atoms with Gasteiger partial charge in [0.2, 0.25) is 0 Å². The van der Waals surface area contributed by atoms with Crippen LogP contribution in [-0.4, -0.2) is 37.1 Å². The number of allylic oxidation sites excluding steroid dienone is 2. The molecule has 0 fully saturated rings.